The zero-order chi connectivity index (χ0) is 17.8. The van der Waals surface area contributed by atoms with Gasteiger partial charge in [-0.25, -0.2) is 4.98 Å². The molecule has 1 aromatic carbocycles. The molecule has 0 aliphatic heterocycles. The molecule has 0 fully saturated rings. The van der Waals surface area contributed by atoms with Gasteiger partial charge in [0.25, 0.3) is 5.91 Å². The molecule has 0 spiro atoms. The zero-order valence-electron chi connectivity index (χ0n) is 14.5. The third kappa shape index (κ3) is 3.86. The van der Waals surface area contributed by atoms with E-state index in [0.717, 1.165) is 51.7 Å². The van der Waals surface area contributed by atoms with Crippen LogP contribution in [0.5, 0.6) is 0 Å². The van der Waals surface area contributed by atoms with Crippen molar-refractivity contribution in [1.29, 1.82) is 0 Å². The Morgan fingerprint density at radius 2 is 1.84 bits per heavy atom. The fraction of sp³-hybridized carbons (Fsp3) is 0.300. The van der Waals surface area contributed by atoms with Crippen LogP contribution in [0.4, 0.5) is 0 Å². The van der Waals surface area contributed by atoms with E-state index in [-0.39, 0.29) is 5.91 Å². The SMILES string of the molecule is CCCN(CCC)C(=O)c1cc(-c2ccc(Cl)s2)nc2ccccc12. The van der Waals surface area contributed by atoms with Gasteiger partial charge in [-0.15, -0.1) is 11.3 Å². The van der Waals surface area contributed by atoms with Gasteiger partial charge in [-0.1, -0.05) is 43.6 Å². The number of thiophene rings is 1. The molecule has 0 aliphatic carbocycles. The van der Waals surface area contributed by atoms with Gasteiger partial charge in [-0.05, 0) is 37.1 Å². The molecule has 3 rings (SSSR count). The van der Waals surface area contributed by atoms with E-state index >= 15 is 0 Å². The summed E-state index contributed by atoms with van der Waals surface area (Å²) in [5.74, 6) is 0.0752. The number of hydrogen-bond acceptors (Lipinski definition) is 3. The summed E-state index contributed by atoms with van der Waals surface area (Å²) in [6.07, 6.45) is 1.89. The van der Waals surface area contributed by atoms with Gasteiger partial charge in [-0.2, -0.15) is 0 Å². The Kier molecular flexibility index (Phi) is 5.71. The molecule has 0 radical (unpaired) electrons. The number of para-hydroxylation sites is 1. The Balaban J connectivity index is 2.13. The predicted molar refractivity (Wildman–Crippen MR) is 107 cm³/mol. The van der Waals surface area contributed by atoms with Crippen LogP contribution in [0.3, 0.4) is 0 Å². The number of halogens is 1. The second kappa shape index (κ2) is 7.98. The number of fused-ring (bicyclic) bond motifs is 1. The highest BCUT2D eigenvalue weighted by Gasteiger charge is 2.19. The number of nitrogens with zero attached hydrogens (tertiary/aromatic N) is 2. The molecular weight excluding hydrogens is 352 g/mol. The van der Waals surface area contributed by atoms with Gasteiger partial charge >= 0.3 is 0 Å². The summed E-state index contributed by atoms with van der Waals surface area (Å²) < 4.78 is 0.719. The number of carbonyl (C=O) groups is 1. The van der Waals surface area contributed by atoms with Crippen molar-refractivity contribution in [3.05, 3.63) is 52.4 Å². The van der Waals surface area contributed by atoms with Gasteiger partial charge < -0.3 is 4.90 Å². The molecule has 0 unspecified atom stereocenters. The van der Waals surface area contributed by atoms with Crippen molar-refractivity contribution in [3.63, 3.8) is 0 Å². The third-order valence-electron chi connectivity index (χ3n) is 4.05. The monoisotopic (exact) mass is 372 g/mol. The Hall–Kier alpha value is -1.91. The van der Waals surface area contributed by atoms with Crippen molar-refractivity contribution in [2.75, 3.05) is 13.1 Å². The maximum absolute atomic E-state index is 13.2. The lowest BCUT2D eigenvalue weighted by Crippen LogP contribution is -2.32. The lowest BCUT2D eigenvalue weighted by molar-refractivity contribution is 0.0757. The fourth-order valence-corrected chi connectivity index (χ4v) is 3.96. The molecule has 2 aromatic heterocycles. The summed E-state index contributed by atoms with van der Waals surface area (Å²) in [6, 6.07) is 13.5. The van der Waals surface area contributed by atoms with Crippen molar-refractivity contribution in [3.8, 4) is 10.6 Å². The molecule has 5 heteroatoms. The number of rotatable bonds is 6. The minimum Gasteiger partial charge on any atom is -0.339 e. The Labute approximate surface area is 157 Å². The minimum atomic E-state index is 0.0752. The molecule has 0 N–H and O–H groups in total. The van der Waals surface area contributed by atoms with Crippen LogP contribution in [0, 0.1) is 0 Å². The molecule has 3 nitrogen and oxygen atoms in total. The lowest BCUT2D eigenvalue weighted by Gasteiger charge is -2.22. The molecule has 0 aliphatic rings. The highest BCUT2D eigenvalue weighted by Crippen LogP contribution is 2.32. The first-order valence-electron chi connectivity index (χ1n) is 8.58. The van der Waals surface area contributed by atoms with Crippen LogP contribution in [0.1, 0.15) is 37.0 Å². The normalized spacial score (nSPS) is 11.0. The number of carbonyl (C=O) groups excluding carboxylic acids is 1. The summed E-state index contributed by atoms with van der Waals surface area (Å²) >= 11 is 7.56. The lowest BCUT2D eigenvalue weighted by atomic mass is 10.1. The van der Waals surface area contributed by atoms with E-state index in [1.165, 1.54) is 11.3 Å². The van der Waals surface area contributed by atoms with E-state index in [0.29, 0.717) is 5.56 Å². The van der Waals surface area contributed by atoms with E-state index in [4.69, 9.17) is 16.6 Å². The summed E-state index contributed by atoms with van der Waals surface area (Å²) in [6.45, 7) is 5.73. The van der Waals surface area contributed by atoms with Gasteiger partial charge in [0.05, 0.1) is 26.0 Å². The molecule has 1 amide bonds. The highest BCUT2D eigenvalue weighted by atomic mass is 35.5. The maximum atomic E-state index is 13.2. The summed E-state index contributed by atoms with van der Waals surface area (Å²) in [5.41, 5.74) is 2.35. The van der Waals surface area contributed by atoms with E-state index < -0.39 is 0 Å². The van der Waals surface area contributed by atoms with Gasteiger partial charge in [0.2, 0.25) is 0 Å². The molecule has 25 heavy (non-hydrogen) atoms. The minimum absolute atomic E-state index is 0.0752. The fourth-order valence-electron chi connectivity index (χ4n) is 2.96. The second-order valence-corrected chi connectivity index (χ2v) is 7.68. The standard InChI is InChI=1S/C20H21ClN2OS/c1-3-11-23(12-4-2)20(24)15-13-17(18-9-10-19(21)25-18)22-16-8-6-5-7-14(15)16/h5-10,13H,3-4,11-12H2,1-2H3. The van der Waals surface area contributed by atoms with Crippen molar-refractivity contribution in [2.45, 2.75) is 26.7 Å². The van der Waals surface area contributed by atoms with Gasteiger partial charge in [0, 0.05) is 18.5 Å². The summed E-state index contributed by atoms with van der Waals surface area (Å²) in [4.78, 5) is 20.8. The molecule has 0 saturated carbocycles. The van der Waals surface area contributed by atoms with Gasteiger partial charge in [0.15, 0.2) is 0 Å². The van der Waals surface area contributed by atoms with E-state index in [2.05, 4.69) is 13.8 Å². The molecular formula is C20H21ClN2OS. The topological polar surface area (TPSA) is 33.2 Å². The van der Waals surface area contributed by atoms with E-state index in [9.17, 15) is 4.79 Å². The van der Waals surface area contributed by atoms with Crippen LogP contribution in [0.2, 0.25) is 4.34 Å². The smallest absolute Gasteiger partial charge is 0.254 e. The molecule has 0 bridgehead atoms. The first-order valence-corrected chi connectivity index (χ1v) is 9.78. The quantitative estimate of drug-likeness (QED) is 0.541. The number of aromatic nitrogens is 1. The molecule has 2 heterocycles. The highest BCUT2D eigenvalue weighted by molar-refractivity contribution is 7.19. The largest absolute Gasteiger partial charge is 0.339 e. The van der Waals surface area contributed by atoms with Crippen molar-refractivity contribution >= 4 is 39.7 Å². The summed E-state index contributed by atoms with van der Waals surface area (Å²) in [7, 11) is 0. The van der Waals surface area contributed by atoms with Crippen LogP contribution in [0.25, 0.3) is 21.5 Å². The van der Waals surface area contributed by atoms with Crippen LogP contribution in [-0.4, -0.2) is 28.9 Å². The van der Waals surface area contributed by atoms with Crippen LogP contribution in [0.15, 0.2) is 42.5 Å². The predicted octanol–water partition coefficient (Wildman–Crippen LogP) is 5.88. The van der Waals surface area contributed by atoms with Gasteiger partial charge in [-0.3, -0.25) is 4.79 Å². The van der Waals surface area contributed by atoms with E-state index in [1.54, 1.807) is 0 Å². The van der Waals surface area contributed by atoms with Crippen LogP contribution < -0.4 is 0 Å². The molecule has 0 atom stereocenters. The number of benzene rings is 1. The second-order valence-electron chi connectivity index (χ2n) is 5.97. The Bertz CT molecular complexity index is 884. The van der Waals surface area contributed by atoms with Crippen LogP contribution in [-0.2, 0) is 0 Å². The molecule has 3 aromatic rings. The molecule has 130 valence electrons. The average molecular weight is 373 g/mol. The zero-order valence-corrected chi connectivity index (χ0v) is 16.0. The maximum Gasteiger partial charge on any atom is 0.254 e. The Morgan fingerprint density at radius 3 is 2.48 bits per heavy atom. The number of pyridine rings is 1. The first kappa shape index (κ1) is 17.9. The van der Waals surface area contributed by atoms with Crippen molar-refractivity contribution < 1.29 is 4.79 Å². The van der Waals surface area contributed by atoms with Crippen molar-refractivity contribution in [1.82, 2.24) is 9.88 Å². The average Bonchev–Trinajstić information content (AvgIpc) is 3.06. The third-order valence-corrected chi connectivity index (χ3v) is 5.30. The van der Waals surface area contributed by atoms with E-state index in [1.807, 2.05) is 47.4 Å². The van der Waals surface area contributed by atoms with Crippen molar-refractivity contribution in [2.24, 2.45) is 0 Å². The molecule has 0 saturated heterocycles. The van der Waals surface area contributed by atoms with Crippen LogP contribution >= 0.6 is 22.9 Å². The Morgan fingerprint density at radius 1 is 1.12 bits per heavy atom. The summed E-state index contributed by atoms with van der Waals surface area (Å²) in [5, 5.41) is 0.899. The van der Waals surface area contributed by atoms with Gasteiger partial charge in [0.1, 0.15) is 0 Å². The number of amides is 1. The first-order chi connectivity index (χ1) is 12.1. The number of hydrogen-bond donors (Lipinski definition) is 0.